The van der Waals surface area contributed by atoms with Crippen LogP contribution in [0.2, 0.25) is 0 Å². The number of ether oxygens (including phenoxy) is 4. The van der Waals surface area contributed by atoms with Crippen molar-refractivity contribution in [2.45, 2.75) is 122 Å². The van der Waals surface area contributed by atoms with Gasteiger partial charge in [-0.05, 0) is 185 Å². The highest BCUT2D eigenvalue weighted by Gasteiger charge is 2.23. The van der Waals surface area contributed by atoms with Gasteiger partial charge in [-0.3, -0.25) is 18.7 Å². The van der Waals surface area contributed by atoms with E-state index in [0.29, 0.717) is 0 Å². The molecule has 0 aliphatic rings. The van der Waals surface area contributed by atoms with Crippen molar-refractivity contribution in [2.75, 3.05) is 33.1 Å². The van der Waals surface area contributed by atoms with Gasteiger partial charge in [0.05, 0.1) is 27.5 Å². The second-order valence-electron chi connectivity index (χ2n) is 13.1. The molecule has 0 aliphatic carbocycles. The Kier molecular flexibility index (Phi) is 29.2. The molecule has 0 saturated carbocycles. The lowest BCUT2D eigenvalue weighted by Crippen LogP contribution is -2.27. The number of hydrogen-bond acceptors (Lipinski definition) is 8. The van der Waals surface area contributed by atoms with Gasteiger partial charge >= 0.3 is 19.5 Å². The second kappa shape index (κ2) is 30.5. The van der Waals surface area contributed by atoms with Crippen molar-refractivity contribution in [1.29, 1.82) is 0 Å². The van der Waals surface area contributed by atoms with E-state index in [4.69, 9.17) is 23.5 Å². The maximum Gasteiger partial charge on any atom is 0.325 e. The Hall–Kier alpha value is 1.51. The highest BCUT2D eigenvalue weighted by molar-refractivity contribution is 14.1. The van der Waals surface area contributed by atoms with Crippen LogP contribution < -0.4 is 9.47 Å². The van der Waals surface area contributed by atoms with Gasteiger partial charge in [0, 0.05) is 26.6 Å². The Morgan fingerprint density at radius 2 is 0.852 bits per heavy atom. The van der Waals surface area contributed by atoms with Gasteiger partial charge in [-0.2, -0.15) is 0 Å². The Bertz CT molecular complexity index is 1320. The average Bonchev–Trinajstić information content (AvgIpc) is 3.08. The maximum atomic E-state index is 12.3. The van der Waals surface area contributed by atoms with E-state index >= 15 is 0 Å². The standard InChI is InChI=1S/C38H53I6O9P/c1-54(47,48)53-30(26-51-35(45)18-14-10-6-2-4-8-12-16-20-49-37-31(41)22-28(39)23-32(37)42)27-52-36(46)19-15-11-7-3-5-9-13-17-21-50-38-33(43)24-29(40)25-34(38)44/h22-25,30H,2-21,26-27H2,1H3,(H,47,48). The monoisotopic (exact) mass is 1450 g/mol. The van der Waals surface area contributed by atoms with Gasteiger partial charge in [0.15, 0.2) is 0 Å². The molecule has 2 aromatic rings. The van der Waals surface area contributed by atoms with Crippen molar-refractivity contribution in [1.82, 2.24) is 0 Å². The van der Waals surface area contributed by atoms with Crippen molar-refractivity contribution < 1.29 is 42.5 Å². The molecule has 0 aliphatic heterocycles. The third-order valence-electron chi connectivity index (χ3n) is 8.17. The van der Waals surface area contributed by atoms with Crippen LogP contribution in [0.25, 0.3) is 0 Å². The molecule has 0 spiro atoms. The number of carbonyl (C=O) groups is 2. The van der Waals surface area contributed by atoms with E-state index in [2.05, 4.69) is 160 Å². The molecule has 0 bridgehead atoms. The van der Waals surface area contributed by atoms with Crippen LogP contribution in [0, 0.1) is 21.4 Å². The zero-order chi connectivity index (χ0) is 39.8. The predicted octanol–water partition coefficient (Wildman–Crippen LogP) is 13.1. The second-order valence-corrected chi connectivity index (χ2v) is 22.1. The Labute approximate surface area is 404 Å². The normalized spacial score (nSPS) is 12.5. The first-order chi connectivity index (χ1) is 25.7. The third kappa shape index (κ3) is 25.2. The molecule has 0 heterocycles. The Morgan fingerprint density at radius 1 is 0.556 bits per heavy atom. The predicted molar refractivity (Wildman–Crippen MR) is 266 cm³/mol. The van der Waals surface area contributed by atoms with Gasteiger partial charge < -0.3 is 23.8 Å². The van der Waals surface area contributed by atoms with Crippen LogP contribution in [-0.4, -0.2) is 56.0 Å². The molecule has 0 fully saturated rings. The molecule has 0 radical (unpaired) electrons. The van der Waals surface area contributed by atoms with Crippen LogP contribution in [-0.2, 0) is 28.2 Å². The molecule has 0 saturated heterocycles. The largest absolute Gasteiger partial charge is 0.491 e. The summed E-state index contributed by atoms with van der Waals surface area (Å²) < 4.78 is 46.7. The summed E-state index contributed by atoms with van der Waals surface area (Å²) in [5, 5.41) is 0. The lowest BCUT2D eigenvalue weighted by atomic mass is 10.1. The molecule has 16 heteroatoms. The number of benzene rings is 2. The van der Waals surface area contributed by atoms with E-state index < -0.39 is 25.6 Å². The smallest absolute Gasteiger partial charge is 0.325 e. The highest BCUT2D eigenvalue weighted by atomic mass is 127. The summed E-state index contributed by atoms with van der Waals surface area (Å²) in [6.07, 6.45) is 16.2. The van der Waals surface area contributed by atoms with Crippen LogP contribution in [0.5, 0.6) is 11.5 Å². The first kappa shape index (κ1) is 51.7. The van der Waals surface area contributed by atoms with Crippen LogP contribution in [0.4, 0.5) is 0 Å². The van der Waals surface area contributed by atoms with Crippen LogP contribution in [0.3, 0.4) is 0 Å². The summed E-state index contributed by atoms with van der Waals surface area (Å²) in [6, 6.07) is 8.51. The fourth-order valence-corrected chi connectivity index (χ4v) is 13.9. The van der Waals surface area contributed by atoms with Crippen molar-refractivity contribution in [2.24, 2.45) is 0 Å². The summed E-state index contributed by atoms with van der Waals surface area (Å²) in [6.45, 7) is 2.03. The Balaban J connectivity index is 1.45. The van der Waals surface area contributed by atoms with Crippen LogP contribution in [0.15, 0.2) is 24.3 Å². The topological polar surface area (TPSA) is 118 Å². The minimum absolute atomic E-state index is 0.244. The van der Waals surface area contributed by atoms with Crippen LogP contribution >= 0.6 is 143 Å². The first-order valence-electron chi connectivity index (χ1n) is 18.6. The summed E-state index contributed by atoms with van der Waals surface area (Å²) in [5.74, 6) is 1.18. The van der Waals surface area contributed by atoms with Gasteiger partial charge in [-0.25, -0.2) is 0 Å². The van der Waals surface area contributed by atoms with Gasteiger partial charge in [0.2, 0.25) is 0 Å². The molecule has 1 atom stereocenters. The van der Waals surface area contributed by atoms with Gasteiger partial charge in [-0.15, -0.1) is 0 Å². The van der Waals surface area contributed by atoms with Crippen LogP contribution in [0.1, 0.15) is 116 Å². The van der Waals surface area contributed by atoms with E-state index in [1.54, 1.807) is 0 Å². The summed E-state index contributed by atoms with van der Waals surface area (Å²) in [7, 11) is -3.87. The van der Waals surface area contributed by atoms with Crippen molar-refractivity contribution in [3.8, 4) is 11.5 Å². The number of carbonyl (C=O) groups excluding carboxylic acids is 2. The minimum atomic E-state index is -3.87. The molecule has 1 unspecified atom stereocenters. The van der Waals surface area contributed by atoms with E-state index in [9.17, 15) is 19.0 Å². The lowest BCUT2D eigenvalue weighted by molar-refractivity contribution is -0.151. The quantitative estimate of drug-likeness (QED) is 0.0353. The van der Waals surface area contributed by atoms with E-state index in [-0.39, 0.29) is 26.1 Å². The SMILES string of the molecule is CP(=O)(O)OC(COC(=O)CCCCCCCCCCOc1c(I)cc(I)cc1I)COC(=O)CCCCCCCCCCOc1c(I)cc(I)cc1I. The van der Waals surface area contributed by atoms with E-state index in [0.717, 1.165) is 148 Å². The lowest BCUT2D eigenvalue weighted by Gasteiger charge is -2.19. The van der Waals surface area contributed by atoms with Crippen molar-refractivity contribution >= 4 is 155 Å². The molecule has 306 valence electrons. The molecule has 0 aromatic heterocycles. The number of halogens is 6. The summed E-state index contributed by atoms with van der Waals surface area (Å²) in [4.78, 5) is 34.3. The highest BCUT2D eigenvalue weighted by Crippen LogP contribution is 2.38. The molecular weight excluding hydrogens is 1390 g/mol. The summed E-state index contributed by atoms with van der Waals surface area (Å²) >= 11 is 14.0. The molecule has 0 amide bonds. The number of esters is 2. The zero-order valence-corrected chi connectivity index (χ0v) is 44.7. The molecule has 1 N–H and O–H groups in total. The fraction of sp³-hybridized carbons (Fsp3) is 0.632. The molecule has 9 nitrogen and oxygen atoms in total. The summed E-state index contributed by atoms with van der Waals surface area (Å²) in [5.41, 5.74) is 0. The number of hydrogen-bond donors (Lipinski definition) is 1. The minimum Gasteiger partial charge on any atom is -0.491 e. The van der Waals surface area contributed by atoms with Gasteiger partial charge in [0.25, 0.3) is 0 Å². The fourth-order valence-electron chi connectivity index (χ4n) is 5.45. The molecule has 54 heavy (non-hydrogen) atoms. The third-order valence-corrected chi connectivity index (χ3v) is 13.3. The van der Waals surface area contributed by atoms with E-state index in [1.807, 2.05) is 0 Å². The maximum absolute atomic E-state index is 12.3. The Morgan fingerprint density at radius 3 is 1.17 bits per heavy atom. The van der Waals surface area contributed by atoms with Crippen molar-refractivity contribution in [3.05, 3.63) is 45.7 Å². The number of unbranched alkanes of at least 4 members (excludes halogenated alkanes) is 14. The molecule has 2 rings (SSSR count). The van der Waals surface area contributed by atoms with Crippen molar-refractivity contribution in [3.63, 3.8) is 0 Å². The first-order valence-corrected chi connectivity index (χ1v) is 27.1. The molecular formula is C38H53I6O9P. The van der Waals surface area contributed by atoms with E-state index in [1.165, 1.54) is 7.14 Å². The van der Waals surface area contributed by atoms with Gasteiger partial charge in [0.1, 0.15) is 30.8 Å². The molecule has 2 aromatic carbocycles. The van der Waals surface area contributed by atoms with Gasteiger partial charge in [-0.1, -0.05) is 77.0 Å². The zero-order valence-electron chi connectivity index (χ0n) is 30.9. The number of rotatable bonds is 30. The average molecular weight is 1450 g/mol.